The minimum Gasteiger partial charge on any atom is -0.365 e. The Morgan fingerprint density at radius 2 is 2.09 bits per heavy atom. The number of nitrogens with zero attached hydrogens (tertiary/aromatic N) is 3. The standard InChI is InChI=1S/C17H27N3O3/c1-13(2)8-16(21)20-9-14-6-5-7-19(14)10-15(11-20)23-12-17(22)18(3)4/h5-7,13,15H,8-12H2,1-4H3/t15-/m1/s1. The fourth-order valence-electron chi connectivity index (χ4n) is 2.65. The van der Waals surface area contributed by atoms with Crippen molar-refractivity contribution in [3.8, 4) is 0 Å². The van der Waals surface area contributed by atoms with E-state index in [2.05, 4.69) is 4.57 Å². The summed E-state index contributed by atoms with van der Waals surface area (Å²) in [5, 5.41) is 0. The van der Waals surface area contributed by atoms with Crippen molar-refractivity contribution in [1.29, 1.82) is 0 Å². The maximum Gasteiger partial charge on any atom is 0.248 e. The van der Waals surface area contributed by atoms with Crippen LogP contribution in [-0.4, -0.2) is 59.5 Å². The molecule has 0 fully saturated rings. The number of likely N-dealkylation sites (N-methyl/N-ethyl adjacent to an activating group) is 1. The normalized spacial score (nSPS) is 17.8. The van der Waals surface area contributed by atoms with E-state index in [0.717, 1.165) is 5.69 Å². The summed E-state index contributed by atoms with van der Waals surface area (Å²) in [6.07, 6.45) is 2.35. The molecule has 6 heteroatoms. The molecule has 0 N–H and O–H groups in total. The molecule has 1 atom stereocenters. The molecule has 6 nitrogen and oxygen atoms in total. The van der Waals surface area contributed by atoms with Crippen molar-refractivity contribution in [3.05, 3.63) is 24.0 Å². The summed E-state index contributed by atoms with van der Waals surface area (Å²) in [5.41, 5.74) is 1.10. The zero-order valence-corrected chi connectivity index (χ0v) is 14.5. The van der Waals surface area contributed by atoms with Gasteiger partial charge >= 0.3 is 0 Å². The number of hydrogen-bond donors (Lipinski definition) is 0. The van der Waals surface area contributed by atoms with Gasteiger partial charge in [0.1, 0.15) is 6.61 Å². The molecule has 0 saturated carbocycles. The first-order chi connectivity index (χ1) is 10.9. The average Bonchev–Trinajstić information content (AvgIpc) is 2.82. The maximum atomic E-state index is 12.5. The molecule has 128 valence electrons. The van der Waals surface area contributed by atoms with E-state index in [1.54, 1.807) is 14.1 Å². The number of amides is 2. The van der Waals surface area contributed by atoms with Gasteiger partial charge in [0.2, 0.25) is 11.8 Å². The van der Waals surface area contributed by atoms with Gasteiger partial charge in [0.15, 0.2) is 0 Å². The summed E-state index contributed by atoms with van der Waals surface area (Å²) >= 11 is 0. The van der Waals surface area contributed by atoms with E-state index in [1.807, 2.05) is 37.1 Å². The molecule has 0 spiro atoms. The lowest BCUT2D eigenvalue weighted by Gasteiger charge is -2.25. The number of fused-ring (bicyclic) bond motifs is 1. The Balaban J connectivity index is 2.07. The van der Waals surface area contributed by atoms with Gasteiger partial charge in [-0.25, -0.2) is 0 Å². The van der Waals surface area contributed by atoms with Crippen LogP contribution in [-0.2, 0) is 27.4 Å². The molecular formula is C17H27N3O3. The van der Waals surface area contributed by atoms with E-state index in [4.69, 9.17) is 4.74 Å². The highest BCUT2D eigenvalue weighted by molar-refractivity contribution is 5.77. The van der Waals surface area contributed by atoms with E-state index in [9.17, 15) is 9.59 Å². The van der Waals surface area contributed by atoms with Crippen LogP contribution in [0.5, 0.6) is 0 Å². The van der Waals surface area contributed by atoms with Gasteiger partial charge < -0.3 is 19.1 Å². The van der Waals surface area contributed by atoms with Gasteiger partial charge in [0.05, 0.1) is 19.2 Å². The molecule has 2 amide bonds. The predicted molar refractivity (Wildman–Crippen MR) is 87.7 cm³/mol. The van der Waals surface area contributed by atoms with Crippen molar-refractivity contribution >= 4 is 11.8 Å². The highest BCUT2D eigenvalue weighted by Crippen LogP contribution is 2.17. The van der Waals surface area contributed by atoms with Crippen LogP contribution in [0.15, 0.2) is 18.3 Å². The van der Waals surface area contributed by atoms with Crippen molar-refractivity contribution in [1.82, 2.24) is 14.4 Å². The van der Waals surface area contributed by atoms with Crippen LogP contribution in [0.2, 0.25) is 0 Å². The molecule has 0 aliphatic carbocycles. The van der Waals surface area contributed by atoms with Crippen LogP contribution in [0.4, 0.5) is 0 Å². The van der Waals surface area contributed by atoms with Crippen molar-refractivity contribution in [2.75, 3.05) is 27.2 Å². The van der Waals surface area contributed by atoms with Gasteiger partial charge in [-0.05, 0) is 18.1 Å². The Kier molecular flexibility index (Phi) is 5.82. The van der Waals surface area contributed by atoms with Crippen molar-refractivity contribution in [3.63, 3.8) is 0 Å². The van der Waals surface area contributed by atoms with Crippen molar-refractivity contribution in [2.45, 2.75) is 39.5 Å². The fraction of sp³-hybridized carbons (Fsp3) is 0.647. The quantitative estimate of drug-likeness (QED) is 0.822. The number of carbonyl (C=O) groups is 2. The summed E-state index contributed by atoms with van der Waals surface area (Å²) in [4.78, 5) is 27.6. The zero-order valence-electron chi connectivity index (χ0n) is 14.5. The molecule has 1 aliphatic heterocycles. The van der Waals surface area contributed by atoms with Gasteiger partial charge in [0, 0.05) is 39.0 Å². The lowest BCUT2D eigenvalue weighted by Crippen LogP contribution is -2.39. The lowest BCUT2D eigenvalue weighted by atomic mass is 10.1. The number of aromatic nitrogens is 1. The second-order valence-electron chi connectivity index (χ2n) is 6.75. The van der Waals surface area contributed by atoms with Crippen molar-refractivity contribution in [2.24, 2.45) is 5.92 Å². The highest BCUT2D eigenvalue weighted by atomic mass is 16.5. The summed E-state index contributed by atoms with van der Waals surface area (Å²) in [6, 6.07) is 4.01. The summed E-state index contributed by atoms with van der Waals surface area (Å²) in [7, 11) is 3.42. The van der Waals surface area contributed by atoms with Crippen LogP contribution < -0.4 is 0 Å². The zero-order chi connectivity index (χ0) is 17.0. The predicted octanol–water partition coefficient (Wildman–Crippen LogP) is 1.35. The maximum absolute atomic E-state index is 12.5. The van der Waals surface area contributed by atoms with Crippen LogP contribution in [0.3, 0.4) is 0 Å². The number of hydrogen-bond acceptors (Lipinski definition) is 3. The van der Waals surface area contributed by atoms with E-state index < -0.39 is 0 Å². The topological polar surface area (TPSA) is 54.8 Å². The molecule has 0 bridgehead atoms. The van der Waals surface area contributed by atoms with Gasteiger partial charge in [-0.1, -0.05) is 13.8 Å². The van der Waals surface area contributed by atoms with Crippen LogP contribution in [0.25, 0.3) is 0 Å². The highest BCUT2D eigenvalue weighted by Gasteiger charge is 2.26. The van der Waals surface area contributed by atoms with E-state index in [0.29, 0.717) is 32.0 Å². The first-order valence-corrected chi connectivity index (χ1v) is 8.10. The molecule has 2 heterocycles. The smallest absolute Gasteiger partial charge is 0.248 e. The SMILES string of the molecule is CC(C)CC(=O)N1Cc2cccn2C[C@@H](OCC(=O)N(C)C)C1. The molecule has 1 aromatic heterocycles. The molecule has 2 rings (SSSR count). The van der Waals surface area contributed by atoms with Gasteiger partial charge in [0.25, 0.3) is 0 Å². The Morgan fingerprint density at radius 3 is 2.74 bits per heavy atom. The molecule has 1 aromatic rings. The van der Waals surface area contributed by atoms with Crippen LogP contribution in [0.1, 0.15) is 26.0 Å². The third-order valence-corrected chi connectivity index (χ3v) is 3.98. The molecule has 0 aromatic carbocycles. The van der Waals surface area contributed by atoms with Crippen molar-refractivity contribution < 1.29 is 14.3 Å². The third-order valence-electron chi connectivity index (χ3n) is 3.98. The molecular weight excluding hydrogens is 294 g/mol. The van der Waals surface area contributed by atoms with Crippen LogP contribution >= 0.6 is 0 Å². The third kappa shape index (κ3) is 4.82. The monoisotopic (exact) mass is 321 g/mol. The molecule has 0 unspecified atom stereocenters. The Hall–Kier alpha value is -1.82. The lowest BCUT2D eigenvalue weighted by molar-refractivity contribution is -0.138. The first-order valence-electron chi connectivity index (χ1n) is 8.10. The summed E-state index contributed by atoms with van der Waals surface area (Å²) in [6.45, 7) is 5.91. The Bertz CT molecular complexity index is 551. The van der Waals surface area contributed by atoms with Gasteiger partial charge in [-0.3, -0.25) is 9.59 Å². The molecule has 23 heavy (non-hydrogen) atoms. The fourth-order valence-corrected chi connectivity index (χ4v) is 2.65. The van der Waals surface area contributed by atoms with E-state index in [1.165, 1.54) is 4.90 Å². The first kappa shape index (κ1) is 17.5. The second-order valence-corrected chi connectivity index (χ2v) is 6.75. The Morgan fingerprint density at radius 1 is 1.35 bits per heavy atom. The van der Waals surface area contributed by atoms with Crippen LogP contribution in [0, 0.1) is 5.92 Å². The number of ether oxygens (including phenoxy) is 1. The minimum absolute atomic E-state index is 0.0421. The minimum atomic E-state index is -0.177. The molecule has 1 aliphatic rings. The van der Waals surface area contributed by atoms with Gasteiger partial charge in [-0.15, -0.1) is 0 Å². The largest absolute Gasteiger partial charge is 0.365 e. The Labute approximate surface area is 138 Å². The van der Waals surface area contributed by atoms with E-state index >= 15 is 0 Å². The summed E-state index contributed by atoms with van der Waals surface area (Å²) in [5.74, 6) is 0.399. The van der Waals surface area contributed by atoms with Gasteiger partial charge in [-0.2, -0.15) is 0 Å². The second kappa shape index (κ2) is 7.64. The molecule has 0 saturated heterocycles. The average molecular weight is 321 g/mol. The molecule has 0 radical (unpaired) electrons. The number of carbonyl (C=O) groups excluding carboxylic acids is 2. The van der Waals surface area contributed by atoms with E-state index in [-0.39, 0.29) is 24.5 Å². The number of rotatable bonds is 5. The summed E-state index contributed by atoms with van der Waals surface area (Å²) < 4.78 is 7.90.